The number of rotatable bonds is 6. The lowest BCUT2D eigenvalue weighted by Gasteiger charge is -2.26. The van der Waals surface area contributed by atoms with Crippen LogP contribution in [0.25, 0.3) is 0 Å². The van der Waals surface area contributed by atoms with Gasteiger partial charge in [0.15, 0.2) is 0 Å². The van der Waals surface area contributed by atoms with Crippen LogP contribution in [0.4, 0.5) is 5.69 Å². The topological polar surface area (TPSA) is 3.24 Å². The summed E-state index contributed by atoms with van der Waals surface area (Å²) in [5.41, 5.74) is 3.61. The van der Waals surface area contributed by atoms with Crippen LogP contribution in [-0.4, -0.2) is 20.9 Å². The summed E-state index contributed by atoms with van der Waals surface area (Å²) < 4.78 is 0. The van der Waals surface area contributed by atoms with E-state index < -0.39 is 0 Å². The second kappa shape index (κ2) is 6.73. The van der Waals surface area contributed by atoms with Gasteiger partial charge < -0.3 is 4.90 Å². The molecular formula is C15H24BN. The molecular weight excluding hydrogens is 205 g/mol. The predicted octanol–water partition coefficient (Wildman–Crippen LogP) is 2.92. The first-order chi connectivity index (χ1) is 8.08. The van der Waals surface area contributed by atoms with Gasteiger partial charge in [0.05, 0.1) is 0 Å². The van der Waals surface area contributed by atoms with E-state index in [1.54, 1.807) is 0 Å². The Bertz CT molecular complexity index is 347. The molecule has 2 heteroatoms. The molecule has 0 aromatic heterocycles. The summed E-state index contributed by atoms with van der Waals surface area (Å²) in [7, 11) is 5.92. The van der Waals surface area contributed by atoms with Crippen molar-refractivity contribution >= 4 is 19.0 Å². The van der Waals surface area contributed by atoms with E-state index in [4.69, 9.17) is 7.85 Å². The lowest BCUT2D eigenvalue weighted by molar-refractivity contribution is 0.644. The highest BCUT2D eigenvalue weighted by molar-refractivity contribution is 6.32. The Kier molecular flexibility index (Phi) is 5.60. The maximum atomic E-state index is 5.92. The third-order valence-electron chi connectivity index (χ3n) is 2.95. The van der Waals surface area contributed by atoms with Gasteiger partial charge in [-0.05, 0) is 37.3 Å². The van der Waals surface area contributed by atoms with Gasteiger partial charge in [-0.3, -0.25) is 0 Å². The summed E-state index contributed by atoms with van der Waals surface area (Å²) in [5, 5.41) is 0. The smallest absolute Gasteiger partial charge is 0.113 e. The molecule has 0 aliphatic heterocycles. The van der Waals surface area contributed by atoms with Crippen molar-refractivity contribution in [3.8, 4) is 0 Å². The normalized spacial score (nSPS) is 10.9. The van der Waals surface area contributed by atoms with E-state index in [0.717, 1.165) is 25.0 Å². The van der Waals surface area contributed by atoms with Crippen LogP contribution in [0.5, 0.6) is 0 Å². The number of benzene rings is 1. The summed E-state index contributed by atoms with van der Waals surface area (Å²) in [5.74, 6) is 0.678. The van der Waals surface area contributed by atoms with Crippen molar-refractivity contribution in [1.82, 2.24) is 0 Å². The van der Waals surface area contributed by atoms with E-state index in [0.29, 0.717) is 5.92 Å². The average molecular weight is 229 g/mol. The van der Waals surface area contributed by atoms with Crippen molar-refractivity contribution in [2.45, 2.75) is 40.5 Å². The van der Waals surface area contributed by atoms with Gasteiger partial charge in [0.25, 0.3) is 0 Å². The van der Waals surface area contributed by atoms with Crippen LogP contribution in [0.15, 0.2) is 18.2 Å². The molecule has 2 radical (unpaired) electrons. The van der Waals surface area contributed by atoms with Gasteiger partial charge in [0, 0.05) is 18.8 Å². The zero-order valence-electron chi connectivity index (χ0n) is 11.7. The van der Waals surface area contributed by atoms with Crippen molar-refractivity contribution in [1.29, 1.82) is 0 Å². The summed E-state index contributed by atoms with van der Waals surface area (Å²) >= 11 is 0. The van der Waals surface area contributed by atoms with Crippen LogP contribution in [0.1, 0.15) is 39.7 Å². The Hall–Kier alpha value is -0.915. The number of nitrogens with zero attached hydrogens (tertiary/aromatic N) is 1. The minimum absolute atomic E-state index is 0.678. The van der Waals surface area contributed by atoms with Crippen molar-refractivity contribution in [3.63, 3.8) is 0 Å². The van der Waals surface area contributed by atoms with Crippen molar-refractivity contribution < 1.29 is 0 Å². The Morgan fingerprint density at radius 1 is 1.24 bits per heavy atom. The highest BCUT2D eigenvalue weighted by Gasteiger charge is 2.10. The fourth-order valence-electron chi connectivity index (χ4n) is 2.21. The van der Waals surface area contributed by atoms with Crippen LogP contribution in [0.3, 0.4) is 0 Å². The standard InChI is InChI=1S/C15H24BN/c1-5-9-17(6-2)15-11-14(16)8-7-13(15)10-12(3)4/h7-8,11-12H,5-6,9-10H2,1-4H3. The first-order valence-corrected chi connectivity index (χ1v) is 6.71. The Labute approximate surface area is 108 Å². The van der Waals surface area contributed by atoms with Crippen LogP contribution in [0.2, 0.25) is 0 Å². The quantitative estimate of drug-likeness (QED) is 0.678. The maximum absolute atomic E-state index is 5.92. The van der Waals surface area contributed by atoms with Gasteiger partial charge in [0.1, 0.15) is 7.85 Å². The van der Waals surface area contributed by atoms with E-state index in [2.05, 4.69) is 44.7 Å². The molecule has 1 aromatic rings. The van der Waals surface area contributed by atoms with Crippen LogP contribution in [0, 0.1) is 5.92 Å². The third kappa shape index (κ3) is 4.10. The van der Waals surface area contributed by atoms with E-state index in [9.17, 15) is 0 Å². The van der Waals surface area contributed by atoms with Gasteiger partial charge in [-0.2, -0.15) is 0 Å². The molecule has 92 valence electrons. The van der Waals surface area contributed by atoms with Gasteiger partial charge in [-0.1, -0.05) is 38.4 Å². The molecule has 0 N–H and O–H groups in total. The summed E-state index contributed by atoms with van der Waals surface area (Å²) in [4.78, 5) is 2.42. The van der Waals surface area contributed by atoms with Crippen molar-refractivity contribution in [2.24, 2.45) is 5.92 Å². The molecule has 0 spiro atoms. The largest absolute Gasteiger partial charge is 0.372 e. The maximum Gasteiger partial charge on any atom is 0.113 e. The molecule has 0 atom stereocenters. The predicted molar refractivity (Wildman–Crippen MR) is 78.6 cm³/mol. The zero-order chi connectivity index (χ0) is 12.8. The second-order valence-electron chi connectivity index (χ2n) is 5.07. The van der Waals surface area contributed by atoms with E-state index in [-0.39, 0.29) is 0 Å². The summed E-state index contributed by atoms with van der Waals surface area (Å²) in [6.07, 6.45) is 2.29. The van der Waals surface area contributed by atoms with Gasteiger partial charge in [-0.15, -0.1) is 0 Å². The molecule has 1 rings (SSSR count). The number of hydrogen-bond acceptors (Lipinski definition) is 1. The monoisotopic (exact) mass is 229 g/mol. The van der Waals surface area contributed by atoms with Crippen LogP contribution >= 0.6 is 0 Å². The summed E-state index contributed by atoms with van der Waals surface area (Å²) in [6.45, 7) is 11.1. The average Bonchev–Trinajstić information content (AvgIpc) is 2.28. The lowest BCUT2D eigenvalue weighted by Crippen LogP contribution is -2.26. The van der Waals surface area contributed by atoms with Gasteiger partial charge >= 0.3 is 0 Å². The number of anilines is 1. The highest BCUT2D eigenvalue weighted by atomic mass is 15.1. The SMILES string of the molecule is [B]c1ccc(CC(C)C)c(N(CC)CCC)c1. The van der Waals surface area contributed by atoms with E-state index in [1.165, 1.54) is 17.7 Å². The molecule has 0 aliphatic rings. The fourth-order valence-corrected chi connectivity index (χ4v) is 2.21. The van der Waals surface area contributed by atoms with E-state index in [1.807, 2.05) is 6.07 Å². The Morgan fingerprint density at radius 3 is 2.47 bits per heavy atom. The molecule has 0 saturated heterocycles. The van der Waals surface area contributed by atoms with E-state index >= 15 is 0 Å². The molecule has 0 aliphatic carbocycles. The molecule has 1 aromatic carbocycles. The Morgan fingerprint density at radius 2 is 1.94 bits per heavy atom. The lowest BCUT2D eigenvalue weighted by atomic mass is 9.91. The van der Waals surface area contributed by atoms with Gasteiger partial charge in [0.2, 0.25) is 0 Å². The minimum atomic E-state index is 0.678. The highest BCUT2D eigenvalue weighted by Crippen LogP contribution is 2.22. The molecule has 0 amide bonds. The Balaban J connectivity index is 3.03. The number of hydrogen-bond donors (Lipinski definition) is 0. The molecule has 17 heavy (non-hydrogen) atoms. The van der Waals surface area contributed by atoms with Crippen molar-refractivity contribution in [3.05, 3.63) is 23.8 Å². The van der Waals surface area contributed by atoms with Crippen LogP contribution in [-0.2, 0) is 6.42 Å². The van der Waals surface area contributed by atoms with Crippen LogP contribution < -0.4 is 10.4 Å². The molecule has 0 bridgehead atoms. The molecule has 0 unspecified atom stereocenters. The molecule has 0 saturated carbocycles. The fraction of sp³-hybridized carbons (Fsp3) is 0.600. The third-order valence-corrected chi connectivity index (χ3v) is 2.95. The molecule has 1 nitrogen and oxygen atoms in total. The van der Waals surface area contributed by atoms with Gasteiger partial charge in [-0.25, -0.2) is 0 Å². The molecule has 0 fully saturated rings. The zero-order valence-corrected chi connectivity index (χ0v) is 11.7. The summed E-state index contributed by atoms with van der Waals surface area (Å²) in [6, 6.07) is 6.32. The molecule has 0 heterocycles. The minimum Gasteiger partial charge on any atom is -0.372 e. The first-order valence-electron chi connectivity index (χ1n) is 6.71. The second-order valence-corrected chi connectivity index (χ2v) is 5.07. The van der Waals surface area contributed by atoms with Crippen molar-refractivity contribution in [2.75, 3.05) is 18.0 Å². The first kappa shape index (κ1) is 14.1.